The van der Waals surface area contributed by atoms with Crippen molar-refractivity contribution in [1.29, 1.82) is 0 Å². The standard InChI is InChI=1S/C19H19BrClN3O2/c1-12-16(21)4-3-5-17(12)22-18(25)10-11-19(26)24-23-13(2)14-6-8-15(20)9-7-14/h3-9H,10-11H2,1-2H3,(H,22,25)(H,24,26). The van der Waals surface area contributed by atoms with Gasteiger partial charge >= 0.3 is 0 Å². The molecule has 136 valence electrons. The Balaban J connectivity index is 1.82. The minimum atomic E-state index is -0.320. The maximum absolute atomic E-state index is 12.0. The molecule has 2 rings (SSSR count). The Kier molecular flexibility index (Phi) is 7.36. The molecule has 0 atom stereocenters. The van der Waals surface area contributed by atoms with E-state index in [-0.39, 0.29) is 24.7 Å². The number of hydrazone groups is 1. The molecule has 0 radical (unpaired) electrons. The van der Waals surface area contributed by atoms with E-state index in [2.05, 4.69) is 31.8 Å². The van der Waals surface area contributed by atoms with Crippen LogP contribution in [0.4, 0.5) is 5.69 Å². The molecule has 0 aromatic heterocycles. The van der Waals surface area contributed by atoms with E-state index >= 15 is 0 Å². The lowest BCUT2D eigenvalue weighted by Gasteiger charge is -2.09. The summed E-state index contributed by atoms with van der Waals surface area (Å²) in [7, 11) is 0. The van der Waals surface area contributed by atoms with Crippen molar-refractivity contribution in [1.82, 2.24) is 5.43 Å². The van der Waals surface area contributed by atoms with Gasteiger partial charge < -0.3 is 5.32 Å². The zero-order chi connectivity index (χ0) is 19.1. The predicted molar refractivity (Wildman–Crippen MR) is 109 cm³/mol. The fraction of sp³-hybridized carbons (Fsp3) is 0.211. The Morgan fingerprint density at radius 2 is 1.73 bits per heavy atom. The van der Waals surface area contributed by atoms with Crippen LogP contribution < -0.4 is 10.7 Å². The fourth-order valence-electron chi connectivity index (χ4n) is 2.14. The average molecular weight is 437 g/mol. The second kappa shape index (κ2) is 9.50. The monoisotopic (exact) mass is 435 g/mol. The Labute approximate surface area is 166 Å². The van der Waals surface area contributed by atoms with Crippen LogP contribution in [0.2, 0.25) is 5.02 Å². The van der Waals surface area contributed by atoms with Gasteiger partial charge in [0.1, 0.15) is 0 Å². The van der Waals surface area contributed by atoms with Gasteiger partial charge in [-0.25, -0.2) is 5.43 Å². The van der Waals surface area contributed by atoms with Crippen LogP contribution in [0, 0.1) is 6.92 Å². The van der Waals surface area contributed by atoms with Crippen molar-refractivity contribution < 1.29 is 9.59 Å². The Morgan fingerprint density at radius 3 is 2.42 bits per heavy atom. The summed E-state index contributed by atoms with van der Waals surface area (Å²) in [5.41, 5.74) is 5.50. The van der Waals surface area contributed by atoms with Gasteiger partial charge in [0.15, 0.2) is 0 Å². The van der Waals surface area contributed by atoms with Crippen molar-refractivity contribution in [3.8, 4) is 0 Å². The summed E-state index contributed by atoms with van der Waals surface area (Å²) < 4.78 is 0.971. The summed E-state index contributed by atoms with van der Waals surface area (Å²) in [6.45, 7) is 3.63. The highest BCUT2D eigenvalue weighted by Crippen LogP contribution is 2.23. The smallest absolute Gasteiger partial charge is 0.240 e. The molecule has 0 saturated heterocycles. The molecule has 7 heteroatoms. The average Bonchev–Trinajstić information content (AvgIpc) is 2.62. The van der Waals surface area contributed by atoms with Crippen molar-refractivity contribution in [2.45, 2.75) is 26.7 Å². The summed E-state index contributed by atoms with van der Waals surface area (Å²) in [5, 5.41) is 7.40. The summed E-state index contributed by atoms with van der Waals surface area (Å²) in [5.74, 6) is -0.571. The van der Waals surface area contributed by atoms with Gasteiger partial charge in [0.05, 0.1) is 5.71 Å². The Bertz CT molecular complexity index is 835. The number of carbonyl (C=O) groups is 2. The molecule has 0 aliphatic rings. The van der Waals surface area contributed by atoms with E-state index in [1.807, 2.05) is 31.2 Å². The fourth-order valence-corrected chi connectivity index (χ4v) is 2.58. The number of halogens is 2. The number of benzene rings is 2. The Hall–Kier alpha value is -2.18. The molecule has 5 nitrogen and oxygen atoms in total. The molecule has 2 amide bonds. The Morgan fingerprint density at radius 1 is 1.08 bits per heavy atom. The van der Waals surface area contributed by atoms with Crippen molar-refractivity contribution in [3.05, 3.63) is 63.1 Å². The van der Waals surface area contributed by atoms with E-state index in [4.69, 9.17) is 11.6 Å². The van der Waals surface area contributed by atoms with E-state index in [0.717, 1.165) is 15.6 Å². The van der Waals surface area contributed by atoms with Gasteiger partial charge in [-0.2, -0.15) is 5.10 Å². The zero-order valence-corrected chi connectivity index (χ0v) is 16.8. The number of hydrogen-bond donors (Lipinski definition) is 2. The molecular formula is C19H19BrClN3O2. The number of amides is 2. The highest BCUT2D eigenvalue weighted by Gasteiger charge is 2.09. The van der Waals surface area contributed by atoms with Crippen LogP contribution in [0.3, 0.4) is 0 Å². The van der Waals surface area contributed by atoms with Crippen LogP contribution in [0.25, 0.3) is 0 Å². The van der Waals surface area contributed by atoms with Gasteiger partial charge in [0.2, 0.25) is 11.8 Å². The maximum atomic E-state index is 12.0. The van der Waals surface area contributed by atoms with Crippen molar-refractivity contribution in [2.75, 3.05) is 5.32 Å². The first-order chi connectivity index (χ1) is 12.4. The summed E-state index contributed by atoms with van der Waals surface area (Å²) in [6, 6.07) is 12.9. The number of anilines is 1. The number of nitrogens with zero attached hydrogens (tertiary/aromatic N) is 1. The SMILES string of the molecule is CC(=NNC(=O)CCC(=O)Nc1cccc(Cl)c1C)c1ccc(Br)cc1. The highest BCUT2D eigenvalue weighted by atomic mass is 79.9. The first kappa shape index (κ1) is 20.1. The van der Waals surface area contributed by atoms with E-state index in [1.165, 1.54) is 0 Å². The van der Waals surface area contributed by atoms with Crippen LogP contribution in [0.1, 0.15) is 30.9 Å². The van der Waals surface area contributed by atoms with Gasteiger partial charge in [0, 0.05) is 28.0 Å². The van der Waals surface area contributed by atoms with Crippen LogP contribution in [0.15, 0.2) is 52.0 Å². The summed E-state index contributed by atoms with van der Waals surface area (Å²) in [4.78, 5) is 23.9. The largest absolute Gasteiger partial charge is 0.326 e. The van der Waals surface area contributed by atoms with E-state index in [9.17, 15) is 9.59 Å². The van der Waals surface area contributed by atoms with E-state index < -0.39 is 0 Å². The van der Waals surface area contributed by atoms with E-state index in [1.54, 1.807) is 25.1 Å². The molecule has 26 heavy (non-hydrogen) atoms. The normalized spacial score (nSPS) is 11.2. The van der Waals surface area contributed by atoms with Gasteiger partial charge in [-0.3, -0.25) is 9.59 Å². The molecule has 2 aromatic carbocycles. The molecule has 0 heterocycles. The molecule has 0 aliphatic carbocycles. The third-order valence-corrected chi connectivity index (χ3v) is 4.67. The van der Waals surface area contributed by atoms with Crippen LogP contribution in [-0.4, -0.2) is 17.5 Å². The lowest BCUT2D eigenvalue weighted by atomic mass is 10.1. The first-order valence-corrected chi connectivity index (χ1v) is 9.18. The van der Waals surface area contributed by atoms with Crippen LogP contribution in [-0.2, 0) is 9.59 Å². The topological polar surface area (TPSA) is 70.6 Å². The summed E-state index contributed by atoms with van der Waals surface area (Å²) in [6.07, 6.45) is 0.104. The predicted octanol–water partition coefficient (Wildman–Crippen LogP) is 4.67. The number of nitrogens with one attached hydrogen (secondary N) is 2. The maximum Gasteiger partial charge on any atom is 0.240 e. The highest BCUT2D eigenvalue weighted by molar-refractivity contribution is 9.10. The molecule has 0 aliphatic heterocycles. The lowest BCUT2D eigenvalue weighted by molar-refractivity contribution is -0.124. The minimum absolute atomic E-state index is 0.0442. The molecule has 2 aromatic rings. The van der Waals surface area contributed by atoms with Crippen molar-refractivity contribution in [2.24, 2.45) is 5.10 Å². The molecule has 0 spiro atoms. The van der Waals surface area contributed by atoms with Crippen LogP contribution in [0.5, 0.6) is 0 Å². The van der Waals surface area contributed by atoms with Crippen molar-refractivity contribution in [3.63, 3.8) is 0 Å². The molecule has 0 unspecified atom stereocenters. The quantitative estimate of drug-likeness (QED) is 0.510. The minimum Gasteiger partial charge on any atom is -0.326 e. The van der Waals surface area contributed by atoms with Gasteiger partial charge in [-0.15, -0.1) is 0 Å². The third kappa shape index (κ3) is 5.97. The molecule has 2 N–H and O–H groups in total. The first-order valence-electron chi connectivity index (χ1n) is 8.01. The van der Waals surface area contributed by atoms with Gasteiger partial charge in [-0.05, 0) is 49.2 Å². The van der Waals surface area contributed by atoms with Gasteiger partial charge in [-0.1, -0.05) is 45.7 Å². The van der Waals surface area contributed by atoms with Crippen LogP contribution >= 0.6 is 27.5 Å². The van der Waals surface area contributed by atoms with Gasteiger partial charge in [0.25, 0.3) is 0 Å². The number of hydrogen-bond acceptors (Lipinski definition) is 3. The number of carbonyl (C=O) groups excluding carboxylic acids is 2. The molecule has 0 fully saturated rings. The third-order valence-electron chi connectivity index (χ3n) is 3.73. The molecule has 0 saturated carbocycles. The molecule has 0 bridgehead atoms. The second-order valence-electron chi connectivity index (χ2n) is 5.70. The lowest BCUT2D eigenvalue weighted by Crippen LogP contribution is -2.22. The zero-order valence-electron chi connectivity index (χ0n) is 14.5. The number of rotatable bonds is 6. The van der Waals surface area contributed by atoms with Crippen molar-refractivity contribution >= 4 is 50.7 Å². The summed E-state index contributed by atoms with van der Waals surface area (Å²) >= 11 is 9.39. The second-order valence-corrected chi connectivity index (χ2v) is 7.02. The van der Waals surface area contributed by atoms with E-state index in [0.29, 0.717) is 16.4 Å². The molecular weight excluding hydrogens is 418 g/mol.